The molecule has 0 saturated carbocycles. The van der Waals surface area contributed by atoms with Gasteiger partial charge in [0.15, 0.2) is 11.5 Å². The number of carbonyl (C=O) groups is 1. The molecule has 0 aliphatic heterocycles. The monoisotopic (exact) mass is 239 g/mol. The highest BCUT2D eigenvalue weighted by Crippen LogP contribution is 2.31. The Morgan fingerprint density at radius 3 is 2.38 bits per heavy atom. The first-order valence-electron chi connectivity index (χ1n) is 4.45. The van der Waals surface area contributed by atoms with Crippen LogP contribution >= 0.6 is 11.6 Å². The van der Waals surface area contributed by atoms with Crippen LogP contribution in [-0.2, 0) is 6.42 Å². The van der Waals surface area contributed by atoms with E-state index in [0.717, 1.165) is 0 Å². The van der Waals surface area contributed by atoms with Crippen LogP contribution in [0.3, 0.4) is 0 Å². The van der Waals surface area contributed by atoms with Crippen LogP contribution < -0.4 is 9.47 Å². The number of hydrogen-bond donors (Lipinski definition) is 0. The zero-order valence-electron chi connectivity index (χ0n) is 8.91. The Morgan fingerprint density at radius 2 is 1.94 bits per heavy atom. The molecule has 0 amide bonds. The minimum Gasteiger partial charge on any atom is -0.493 e. The maximum atomic E-state index is 11.2. The summed E-state index contributed by atoms with van der Waals surface area (Å²) in [4.78, 5) is 11.2. The van der Waals surface area contributed by atoms with Crippen molar-refractivity contribution in [2.45, 2.75) is 6.42 Å². The molecule has 0 atom stereocenters. The van der Waals surface area contributed by atoms with Crippen molar-refractivity contribution in [3.05, 3.63) is 23.3 Å². The van der Waals surface area contributed by atoms with Gasteiger partial charge >= 0.3 is 0 Å². The Bertz CT molecular complexity index is 451. The molecule has 5 heteroatoms. The Kier molecular flexibility index (Phi) is 4.15. The standard InChI is InChI=1S/C11H10ClNO3/c1-15-9-5-7(3-4-13)8(11(12)14)6-10(9)16-2/h5-6H,3H2,1-2H3. The fraction of sp³-hybridized carbons (Fsp3) is 0.273. The molecule has 0 aromatic heterocycles. The van der Waals surface area contributed by atoms with E-state index in [9.17, 15) is 4.79 Å². The molecule has 16 heavy (non-hydrogen) atoms. The highest BCUT2D eigenvalue weighted by Gasteiger charge is 2.14. The Morgan fingerprint density at radius 1 is 1.38 bits per heavy atom. The summed E-state index contributed by atoms with van der Waals surface area (Å²) >= 11 is 5.42. The number of rotatable bonds is 4. The molecule has 0 heterocycles. The summed E-state index contributed by atoms with van der Waals surface area (Å²) in [5.74, 6) is 0.877. The third-order valence-corrected chi connectivity index (χ3v) is 2.29. The first-order chi connectivity index (χ1) is 7.63. The van der Waals surface area contributed by atoms with Crippen molar-refractivity contribution in [1.82, 2.24) is 0 Å². The van der Waals surface area contributed by atoms with Crippen molar-refractivity contribution >= 4 is 16.8 Å². The Hall–Kier alpha value is -1.73. The first-order valence-corrected chi connectivity index (χ1v) is 4.83. The van der Waals surface area contributed by atoms with Gasteiger partial charge in [0, 0.05) is 5.56 Å². The molecule has 0 unspecified atom stereocenters. The van der Waals surface area contributed by atoms with Crippen LogP contribution in [0.1, 0.15) is 15.9 Å². The van der Waals surface area contributed by atoms with Gasteiger partial charge in [0.1, 0.15) is 0 Å². The molecule has 0 aliphatic carbocycles. The number of carbonyl (C=O) groups excluding carboxylic acids is 1. The average Bonchev–Trinajstić information content (AvgIpc) is 2.28. The first kappa shape index (κ1) is 12.3. The minimum atomic E-state index is -0.619. The Balaban J connectivity index is 3.36. The number of nitriles is 1. The van der Waals surface area contributed by atoms with E-state index < -0.39 is 5.24 Å². The van der Waals surface area contributed by atoms with E-state index in [2.05, 4.69) is 0 Å². The maximum absolute atomic E-state index is 11.2. The predicted octanol–water partition coefficient (Wildman–Crippen LogP) is 2.15. The molecule has 0 N–H and O–H groups in total. The summed E-state index contributed by atoms with van der Waals surface area (Å²) in [6.45, 7) is 0. The molecule has 0 radical (unpaired) electrons. The summed E-state index contributed by atoms with van der Waals surface area (Å²) in [7, 11) is 2.94. The van der Waals surface area contributed by atoms with Gasteiger partial charge in [-0.15, -0.1) is 0 Å². The fourth-order valence-corrected chi connectivity index (χ4v) is 1.51. The SMILES string of the molecule is COc1cc(CC#N)c(C(=O)Cl)cc1OC. The van der Waals surface area contributed by atoms with Crippen LogP contribution in [0.2, 0.25) is 0 Å². The lowest BCUT2D eigenvalue weighted by Crippen LogP contribution is -2.00. The predicted molar refractivity (Wildman–Crippen MR) is 59.0 cm³/mol. The average molecular weight is 240 g/mol. The molecule has 0 spiro atoms. The fourth-order valence-electron chi connectivity index (χ4n) is 1.34. The van der Waals surface area contributed by atoms with Gasteiger partial charge in [0.05, 0.1) is 26.7 Å². The molecular formula is C11H10ClNO3. The van der Waals surface area contributed by atoms with Gasteiger partial charge in [0.25, 0.3) is 5.24 Å². The highest BCUT2D eigenvalue weighted by molar-refractivity contribution is 6.68. The van der Waals surface area contributed by atoms with Crippen LogP contribution in [-0.4, -0.2) is 19.5 Å². The van der Waals surface area contributed by atoms with E-state index in [1.807, 2.05) is 6.07 Å². The zero-order valence-corrected chi connectivity index (χ0v) is 9.67. The summed E-state index contributed by atoms with van der Waals surface area (Å²) in [5, 5.41) is 8.02. The second kappa shape index (κ2) is 5.38. The minimum absolute atomic E-state index is 0.0914. The van der Waals surface area contributed by atoms with Gasteiger partial charge in [-0.3, -0.25) is 4.79 Å². The molecule has 1 aromatic rings. The topological polar surface area (TPSA) is 59.3 Å². The van der Waals surface area contributed by atoms with E-state index in [0.29, 0.717) is 17.1 Å². The molecule has 0 saturated heterocycles. The number of hydrogen-bond acceptors (Lipinski definition) is 4. The van der Waals surface area contributed by atoms with Crippen molar-refractivity contribution in [2.75, 3.05) is 14.2 Å². The number of nitrogens with zero attached hydrogens (tertiary/aromatic N) is 1. The zero-order chi connectivity index (χ0) is 12.1. The molecule has 1 aromatic carbocycles. The maximum Gasteiger partial charge on any atom is 0.252 e. The van der Waals surface area contributed by atoms with E-state index in [1.165, 1.54) is 20.3 Å². The van der Waals surface area contributed by atoms with Crippen molar-refractivity contribution in [2.24, 2.45) is 0 Å². The van der Waals surface area contributed by atoms with Crippen LogP contribution in [0.15, 0.2) is 12.1 Å². The van der Waals surface area contributed by atoms with Crippen molar-refractivity contribution in [3.63, 3.8) is 0 Å². The van der Waals surface area contributed by atoms with Crippen LogP contribution in [0, 0.1) is 11.3 Å². The highest BCUT2D eigenvalue weighted by atomic mass is 35.5. The van der Waals surface area contributed by atoms with E-state index in [4.69, 9.17) is 26.3 Å². The normalized spacial score (nSPS) is 9.38. The third-order valence-electron chi connectivity index (χ3n) is 2.09. The summed E-state index contributed by atoms with van der Waals surface area (Å²) < 4.78 is 10.1. The molecule has 0 fully saturated rings. The molecule has 1 rings (SSSR count). The van der Waals surface area contributed by atoms with Gasteiger partial charge in [-0.1, -0.05) is 0 Å². The molecule has 0 aliphatic rings. The van der Waals surface area contributed by atoms with Crippen LogP contribution in [0.4, 0.5) is 0 Å². The second-order valence-corrected chi connectivity index (χ2v) is 3.32. The van der Waals surface area contributed by atoms with Gasteiger partial charge < -0.3 is 9.47 Å². The van der Waals surface area contributed by atoms with Crippen molar-refractivity contribution in [1.29, 1.82) is 5.26 Å². The lowest BCUT2D eigenvalue weighted by Gasteiger charge is -2.11. The van der Waals surface area contributed by atoms with E-state index in [-0.39, 0.29) is 12.0 Å². The van der Waals surface area contributed by atoms with Gasteiger partial charge in [-0.2, -0.15) is 5.26 Å². The third kappa shape index (κ3) is 2.44. The van der Waals surface area contributed by atoms with Gasteiger partial charge in [-0.05, 0) is 29.3 Å². The van der Waals surface area contributed by atoms with Crippen LogP contribution in [0.25, 0.3) is 0 Å². The summed E-state index contributed by atoms with van der Waals surface area (Å²) in [5.41, 5.74) is 0.793. The number of methoxy groups -OCH3 is 2. The summed E-state index contributed by atoms with van der Waals surface area (Å²) in [6, 6.07) is 5.01. The lowest BCUT2D eigenvalue weighted by molar-refractivity contribution is 0.108. The van der Waals surface area contributed by atoms with Crippen LogP contribution in [0.5, 0.6) is 11.5 Å². The van der Waals surface area contributed by atoms with E-state index >= 15 is 0 Å². The molecular weight excluding hydrogens is 230 g/mol. The van der Waals surface area contributed by atoms with Gasteiger partial charge in [0.2, 0.25) is 0 Å². The molecule has 0 bridgehead atoms. The molecule has 4 nitrogen and oxygen atoms in total. The number of benzene rings is 1. The van der Waals surface area contributed by atoms with E-state index in [1.54, 1.807) is 6.07 Å². The smallest absolute Gasteiger partial charge is 0.252 e. The quantitative estimate of drug-likeness (QED) is 0.756. The number of ether oxygens (including phenoxy) is 2. The summed E-state index contributed by atoms with van der Waals surface area (Å²) in [6.07, 6.45) is 0.0914. The van der Waals surface area contributed by atoms with Crippen molar-refractivity contribution in [3.8, 4) is 17.6 Å². The number of halogens is 1. The lowest BCUT2D eigenvalue weighted by atomic mass is 10.0. The second-order valence-electron chi connectivity index (χ2n) is 2.97. The molecule has 84 valence electrons. The van der Waals surface area contributed by atoms with Crippen molar-refractivity contribution < 1.29 is 14.3 Å². The largest absolute Gasteiger partial charge is 0.493 e. The van der Waals surface area contributed by atoms with Gasteiger partial charge in [-0.25, -0.2) is 0 Å². The Labute approximate surface area is 98.3 Å².